The van der Waals surface area contributed by atoms with Crippen LogP contribution < -0.4 is 19.5 Å². The lowest BCUT2D eigenvalue weighted by molar-refractivity contribution is 0.171. The van der Waals surface area contributed by atoms with Crippen molar-refractivity contribution in [3.63, 3.8) is 0 Å². The summed E-state index contributed by atoms with van der Waals surface area (Å²) in [6.07, 6.45) is 12.0. The first-order valence-corrected chi connectivity index (χ1v) is 11.5. The molecule has 2 aromatic heterocycles. The minimum Gasteiger partial charge on any atom is -0.486 e. The molecule has 0 atom stereocenters. The number of allylic oxidation sites excluding steroid dienone is 1. The molecule has 0 spiro atoms. The minimum atomic E-state index is -1.10. The molecule has 1 aliphatic heterocycles. The zero-order valence-electron chi connectivity index (χ0n) is 19.2. The second-order valence-corrected chi connectivity index (χ2v) is 8.17. The molecule has 3 aromatic rings. The number of amides is 1. The Kier molecular flexibility index (Phi) is 7.80. The molecular formula is C26H29N3O5. The van der Waals surface area contributed by atoms with Crippen LogP contribution in [0.25, 0.3) is 17.1 Å². The van der Waals surface area contributed by atoms with Crippen LogP contribution in [0.15, 0.2) is 48.7 Å². The summed E-state index contributed by atoms with van der Waals surface area (Å²) in [5, 5.41) is 10.7. The molecule has 1 aliphatic carbocycles. The highest BCUT2D eigenvalue weighted by atomic mass is 16.6. The predicted molar refractivity (Wildman–Crippen MR) is 131 cm³/mol. The number of pyridine rings is 2. The van der Waals surface area contributed by atoms with Crippen molar-refractivity contribution in [2.24, 2.45) is 5.92 Å². The molecule has 178 valence electrons. The van der Waals surface area contributed by atoms with Crippen LogP contribution in [-0.4, -0.2) is 41.5 Å². The summed E-state index contributed by atoms with van der Waals surface area (Å²) in [6.45, 7) is 1.02. The molecule has 2 N–H and O–H groups in total. The van der Waals surface area contributed by atoms with Gasteiger partial charge in [0.2, 0.25) is 5.88 Å². The smallest absolute Gasteiger partial charge is 0.409 e. The fourth-order valence-corrected chi connectivity index (χ4v) is 4.09. The molecule has 0 radical (unpaired) electrons. The third kappa shape index (κ3) is 6.15. The maximum absolute atomic E-state index is 10.4. The van der Waals surface area contributed by atoms with Gasteiger partial charge in [-0.25, -0.2) is 9.78 Å². The van der Waals surface area contributed by atoms with Crippen molar-refractivity contribution in [2.45, 2.75) is 32.1 Å². The Bertz CT molecular complexity index is 1160. The molecule has 2 aliphatic rings. The number of rotatable bonds is 4. The zero-order valence-corrected chi connectivity index (χ0v) is 19.2. The van der Waals surface area contributed by atoms with Gasteiger partial charge in [-0.2, -0.15) is 0 Å². The highest BCUT2D eigenvalue weighted by molar-refractivity contribution is 5.84. The molecule has 0 unspecified atom stereocenters. The largest absolute Gasteiger partial charge is 0.486 e. The molecule has 1 aromatic carbocycles. The van der Waals surface area contributed by atoms with Gasteiger partial charge in [0.25, 0.3) is 0 Å². The van der Waals surface area contributed by atoms with Crippen molar-refractivity contribution in [3.05, 3.63) is 54.2 Å². The van der Waals surface area contributed by atoms with E-state index in [1.807, 2.05) is 24.4 Å². The summed E-state index contributed by atoms with van der Waals surface area (Å²) >= 11 is 0. The van der Waals surface area contributed by atoms with Crippen LogP contribution in [0.3, 0.4) is 0 Å². The average molecular weight is 464 g/mol. The Morgan fingerprint density at radius 3 is 2.65 bits per heavy atom. The number of fused-ring (bicyclic) bond motifs is 2. The fourth-order valence-electron chi connectivity index (χ4n) is 4.09. The lowest BCUT2D eigenvalue weighted by Crippen LogP contribution is -2.15. The summed E-state index contributed by atoms with van der Waals surface area (Å²) in [7, 11) is 1.64. The number of hydrogen-bond donors (Lipinski definition) is 2. The summed E-state index contributed by atoms with van der Waals surface area (Å²) in [4.78, 5) is 19.2. The quantitative estimate of drug-likeness (QED) is 0.505. The first-order valence-electron chi connectivity index (χ1n) is 11.5. The van der Waals surface area contributed by atoms with E-state index in [1.54, 1.807) is 25.3 Å². The lowest BCUT2D eigenvalue weighted by Gasteiger charge is -2.18. The van der Waals surface area contributed by atoms with E-state index in [9.17, 15) is 4.79 Å². The molecule has 1 saturated carbocycles. The number of ether oxygens (including phenoxy) is 3. The van der Waals surface area contributed by atoms with Crippen LogP contribution in [0.5, 0.6) is 17.4 Å². The van der Waals surface area contributed by atoms with E-state index >= 15 is 0 Å². The van der Waals surface area contributed by atoms with Gasteiger partial charge in [0.15, 0.2) is 11.5 Å². The number of anilines is 1. The highest BCUT2D eigenvalue weighted by Crippen LogP contribution is 2.32. The van der Waals surface area contributed by atoms with Gasteiger partial charge in [-0.15, -0.1) is 0 Å². The predicted octanol–water partition coefficient (Wildman–Crippen LogP) is 5.78. The van der Waals surface area contributed by atoms with Crippen LogP contribution in [0.4, 0.5) is 10.5 Å². The Morgan fingerprint density at radius 2 is 1.88 bits per heavy atom. The number of nitrogens with one attached hydrogen (secondary N) is 1. The van der Waals surface area contributed by atoms with Crippen LogP contribution >= 0.6 is 0 Å². The number of aromatic nitrogens is 2. The number of hydrogen-bond acceptors (Lipinski definition) is 6. The van der Waals surface area contributed by atoms with Gasteiger partial charge in [0.05, 0.1) is 18.1 Å². The van der Waals surface area contributed by atoms with Crippen LogP contribution in [0.2, 0.25) is 0 Å². The molecule has 3 heterocycles. The van der Waals surface area contributed by atoms with Gasteiger partial charge in [0, 0.05) is 29.6 Å². The molecule has 1 fully saturated rings. The standard InChI is InChI=1S/C17H20N2O.C9H9NO4/c1-20-16-10-9-15-17(19-16)14(11-12-18-15)8-7-13-5-3-2-4-6-13;11-9(12)10-6-1-2-7-8(5-6)14-4-3-13-7/h7-13H,2-6H2,1H3;1-2,5,10H,3-4H2,(H,11,12)/b8-7+;. The van der Waals surface area contributed by atoms with Crippen LogP contribution in [0.1, 0.15) is 37.7 Å². The molecule has 8 heteroatoms. The maximum atomic E-state index is 10.4. The van der Waals surface area contributed by atoms with E-state index < -0.39 is 6.09 Å². The van der Waals surface area contributed by atoms with Gasteiger partial charge in [-0.3, -0.25) is 10.3 Å². The third-order valence-corrected chi connectivity index (χ3v) is 5.79. The van der Waals surface area contributed by atoms with E-state index in [-0.39, 0.29) is 0 Å². The van der Waals surface area contributed by atoms with Gasteiger partial charge in [-0.05, 0) is 43.0 Å². The van der Waals surface area contributed by atoms with Crippen molar-refractivity contribution < 1.29 is 24.1 Å². The van der Waals surface area contributed by atoms with Crippen molar-refractivity contribution in [3.8, 4) is 17.4 Å². The van der Waals surface area contributed by atoms with E-state index in [2.05, 4.69) is 27.4 Å². The van der Waals surface area contributed by atoms with E-state index in [4.69, 9.17) is 19.3 Å². The molecule has 0 saturated heterocycles. The van der Waals surface area contributed by atoms with E-state index in [0.717, 1.165) is 22.5 Å². The Morgan fingerprint density at radius 1 is 1.09 bits per heavy atom. The Balaban J connectivity index is 0.000000172. The molecule has 34 heavy (non-hydrogen) atoms. The maximum Gasteiger partial charge on any atom is 0.409 e. The summed E-state index contributed by atoms with van der Waals surface area (Å²) < 4.78 is 15.8. The Labute approximate surface area is 198 Å². The number of carbonyl (C=O) groups is 1. The van der Waals surface area contributed by atoms with Crippen LogP contribution in [-0.2, 0) is 0 Å². The first kappa shape index (κ1) is 23.4. The molecule has 5 rings (SSSR count). The molecule has 1 amide bonds. The Hall–Kier alpha value is -3.81. The molecule has 0 bridgehead atoms. The number of methoxy groups -OCH3 is 1. The second-order valence-electron chi connectivity index (χ2n) is 8.17. The number of nitrogens with zero attached hydrogens (tertiary/aromatic N) is 2. The second kappa shape index (κ2) is 11.4. The topological polar surface area (TPSA) is 103 Å². The minimum absolute atomic E-state index is 0.474. The SMILES string of the molecule is COc1ccc2nccc(/C=C/C3CCCCC3)c2n1.O=C(O)Nc1ccc2c(c1)OCCO2. The summed E-state index contributed by atoms with van der Waals surface area (Å²) in [5.74, 6) is 2.57. The van der Waals surface area contributed by atoms with Crippen LogP contribution in [0, 0.1) is 5.92 Å². The summed E-state index contributed by atoms with van der Waals surface area (Å²) in [5.41, 5.74) is 3.43. The van der Waals surface area contributed by atoms with E-state index in [0.29, 0.717) is 36.3 Å². The van der Waals surface area contributed by atoms with Gasteiger partial charge in [-0.1, -0.05) is 31.4 Å². The van der Waals surface area contributed by atoms with Gasteiger partial charge in [0.1, 0.15) is 13.2 Å². The monoisotopic (exact) mass is 463 g/mol. The number of carboxylic acid groups (broad SMARTS) is 1. The molecular weight excluding hydrogens is 434 g/mol. The van der Waals surface area contributed by atoms with Crippen molar-refractivity contribution in [1.29, 1.82) is 0 Å². The first-order chi connectivity index (χ1) is 16.6. The number of benzene rings is 1. The van der Waals surface area contributed by atoms with Gasteiger partial charge >= 0.3 is 6.09 Å². The highest BCUT2D eigenvalue weighted by Gasteiger charge is 2.12. The lowest BCUT2D eigenvalue weighted by atomic mass is 9.89. The fraction of sp³-hybridized carbons (Fsp3) is 0.346. The van der Waals surface area contributed by atoms with Gasteiger partial charge < -0.3 is 19.3 Å². The van der Waals surface area contributed by atoms with Crippen molar-refractivity contribution in [2.75, 3.05) is 25.6 Å². The van der Waals surface area contributed by atoms with Crippen molar-refractivity contribution in [1.82, 2.24) is 9.97 Å². The van der Waals surface area contributed by atoms with E-state index in [1.165, 1.54) is 32.1 Å². The zero-order chi connectivity index (χ0) is 23.8. The molecule has 8 nitrogen and oxygen atoms in total. The van der Waals surface area contributed by atoms with Crippen molar-refractivity contribution >= 4 is 28.9 Å². The normalized spacial score (nSPS) is 15.4. The summed E-state index contributed by atoms with van der Waals surface area (Å²) in [6, 6.07) is 10.7. The third-order valence-electron chi connectivity index (χ3n) is 5.79. The average Bonchev–Trinajstić information content (AvgIpc) is 2.87.